The molecule has 1 fully saturated rings. The van der Waals surface area contributed by atoms with Crippen LogP contribution in [0.5, 0.6) is 5.75 Å². The number of hydrogen-bond acceptors (Lipinski definition) is 8. The first-order valence-electron chi connectivity index (χ1n) is 20.5. The summed E-state index contributed by atoms with van der Waals surface area (Å²) in [6, 6.07) is 27.8. The molecule has 4 aromatic rings. The second-order valence-corrected chi connectivity index (χ2v) is 15.1. The van der Waals surface area contributed by atoms with E-state index in [0.717, 1.165) is 60.7 Å². The van der Waals surface area contributed by atoms with Crippen LogP contribution in [0.3, 0.4) is 0 Å². The van der Waals surface area contributed by atoms with Crippen LogP contribution < -0.4 is 38.1 Å². The first-order chi connectivity index (χ1) is 28.5. The monoisotopic (exact) mass is 805 g/mol. The summed E-state index contributed by atoms with van der Waals surface area (Å²) in [6.07, 6.45) is 3.97. The second kappa shape index (κ2) is 22.8. The lowest BCUT2D eigenvalue weighted by Crippen LogP contribution is -2.61. The van der Waals surface area contributed by atoms with Crippen molar-refractivity contribution in [2.45, 2.75) is 89.1 Å². The maximum Gasteiger partial charge on any atom is 0.243 e. The number of hydrogen-bond donors (Lipinski definition) is 8. The molecule has 4 atom stereocenters. The smallest absolute Gasteiger partial charge is 0.243 e. The minimum absolute atomic E-state index is 0.0777. The number of nitrogens with one attached hydrogen (secondary N) is 5. The van der Waals surface area contributed by atoms with Crippen LogP contribution in [0.4, 0.5) is 0 Å². The van der Waals surface area contributed by atoms with Gasteiger partial charge in [0.2, 0.25) is 23.6 Å². The Morgan fingerprint density at radius 3 is 2.19 bits per heavy atom. The molecule has 1 aliphatic rings. The summed E-state index contributed by atoms with van der Waals surface area (Å²) in [5.74, 6) is -1.90. The molecule has 1 saturated heterocycles. The summed E-state index contributed by atoms with van der Waals surface area (Å²) in [5, 5.41) is 27.2. The lowest BCUT2D eigenvalue weighted by atomic mass is 10.0. The lowest BCUT2D eigenvalue weighted by Gasteiger charge is -2.37. The zero-order valence-electron chi connectivity index (χ0n) is 33.9. The molecule has 0 aliphatic carbocycles. The number of amides is 4. The highest BCUT2D eigenvalue weighted by molar-refractivity contribution is 5.94. The Morgan fingerprint density at radius 1 is 0.729 bits per heavy atom. The van der Waals surface area contributed by atoms with Crippen molar-refractivity contribution < 1.29 is 24.3 Å². The molecular formula is C45H59N9O5. The first-order valence-corrected chi connectivity index (χ1v) is 20.5. The quantitative estimate of drug-likeness (QED) is 0.0447. The average molecular weight is 806 g/mol. The minimum Gasteiger partial charge on any atom is -0.508 e. The Balaban J connectivity index is 1.36. The van der Waals surface area contributed by atoms with Gasteiger partial charge in [-0.2, -0.15) is 0 Å². The highest BCUT2D eigenvalue weighted by atomic mass is 16.3. The Kier molecular flexibility index (Phi) is 17.1. The fourth-order valence-electron chi connectivity index (χ4n) is 7.28. The topological polar surface area (TPSA) is 216 Å². The third-order valence-corrected chi connectivity index (χ3v) is 10.6. The number of phenols is 1. The van der Waals surface area contributed by atoms with Gasteiger partial charge in [0.25, 0.3) is 0 Å². The standard InChI is InChI=1S/C45H59N9O5/c1-31-42(57)51-38(16-11-24-49-45(46)47)44(59)52-39(27-34-17-20-35-14-7-8-15-36(35)26-34)43(58)50-30-41(56)53-40(28-32-18-21-37(55)22-19-32)54(31)25-10-3-2-9-23-48-29-33-12-5-4-6-13-33/h4-8,12-15,17-22,26,31,38-40,48,55H,2-3,9-11,16,23-25,27-30H2,1H3,(H,50,58)(H,51,57)(H,52,59)(H,53,56)(H4,46,47,49). The van der Waals surface area contributed by atoms with Crippen LogP contribution in [0.25, 0.3) is 10.8 Å². The predicted molar refractivity (Wildman–Crippen MR) is 231 cm³/mol. The van der Waals surface area contributed by atoms with Gasteiger partial charge in [0.1, 0.15) is 17.8 Å². The molecule has 10 N–H and O–H groups in total. The van der Waals surface area contributed by atoms with E-state index in [4.69, 9.17) is 11.5 Å². The van der Waals surface area contributed by atoms with Crippen LogP contribution in [-0.2, 0) is 38.6 Å². The van der Waals surface area contributed by atoms with Gasteiger partial charge in [0.05, 0.1) is 18.8 Å². The van der Waals surface area contributed by atoms with E-state index in [0.29, 0.717) is 19.4 Å². The maximum absolute atomic E-state index is 14.3. The van der Waals surface area contributed by atoms with E-state index in [1.54, 1.807) is 31.2 Å². The van der Waals surface area contributed by atoms with Crippen LogP contribution in [0, 0.1) is 0 Å². The van der Waals surface area contributed by atoms with Crippen molar-refractivity contribution in [3.8, 4) is 5.75 Å². The molecule has 0 spiro atoms. The maximum atomic E-state index is 14.3. The molecule has 14 nitrogen and oxygen atoms in total. The molecule has 0 saturated carbocycles. The first kappa shape index (κ1) is 44.1. The van der Waals surface area contributed by atoms with Crippen molar-refractivity contribution in [1.82, 2.24) is 31.5 Å². The van der Waals surface area contributed by atoms with Gasteiger partial charge in [-0.1, -0.05) is 97.8 Å². The summed E-state index contributed by atoms with van der Waals surface area (Å²) >= 11 is 0. The molecule has 4 aromatic carbocycles. The van der Waals surface area contributed by atoms with E-state index < -0.39 is 47.9 Å². The van der Waals surface area contributed by atoms with E-state index in [1.807, 2.05) is 65.6 Å². The SMILES string of the molecule is CC1C(=O)NC(CCCN=C(N)N)C(=O)NC(Cc2ccc3ccccc3c2)C(=O)NCC(=O)NC(Cc2ccc(O)cc2)N1CCCCCCNCc1ccccc1. The number of aliphatic imine (C=N–C) groups is 1. The van der Waals surface area contributed by atoms with Gasteiger partial charge in [-0.25, -0.2) is 0 Å². The van der Waals surface area contributed by atoms with Crippen molar-refractivity contribution in [2.75, 3.05) is 26.2 Å². The molecule has 4 amide bonds. The van der Waals surface area contributed by atoms with Crippen LogP contribution in [0.2, 0.25) is 0 Å². The van der Waals surface area contributed by atoms with Crippen molar-refractivity contribution in [1.29, 1.82) is 0 Å². The molecule has 14 heteroatoms. The van der Waals surface area contributed by atoms with Crippen molar-refractivity contribution in [3.63, 3.8) is 0 Å². The highest BCUT2D eigenvalue weighted by Crippen LogP contribution is 2.19. The van der Waals surface area contributed by atoms with Gasteiger partial charge in [0.15, 0.2) is 5.96 Å². The van der Waals surface area contributed by atoms with Gasteiger partial charge < -0.3 is 43.2 Å². The van der Waals surface area contributed by atoms with E-state index in [-0.39, 0.29) is 37.6 Å². The number of aromatic hydroxyl groups is 1. The molecular weight excluding hydrogens is 747 g/mol. The van der Waals surface area contributed by atoms with Crippen molar-refractivity contribution >= 4 is 40.4 Å². The zero-order valence-corrected chi connectivity index (χ0v) is 33.9. The number of benzene rings is 4. The molecule has 5 rings (SSSR count). The fourth-order valence-corrected chi connectivity index (χ4v) is 7.28. The predicted octanol–water partition coefficient (Wildman–Crippen LogP) is 2.97. The molecule has 59 heavy (non-hydrogen) atoms. The Labute approximate surface area is 346 Å². The van der Waals surface area contributed by atoms with Gasteiger partial charge in [-0.05, 0) is 78.7 Å². The average Bonchev–Trinajstić information content (AvgIpc) is 3.23. The Bertz CT molecular complexity index is 2010. The number of unbranched alkanes of at least 4 members (excludes halogenated alkanes) is 3. The number of carbonyl (C=O) groups excluding carboxylic acids is 4. The molecule has 314 valence electrons. The number of nitrogens with two attached hydrogens (primary N) is 2. The molecule has 0 aromatic heterocycles. The van der Waals surface area contributed by atoms with Crippen LogP contribution in [-0.4, -0.2) is 90.1 Å². The van der Waals surface area contributed by atoms with Crippen LogP contribution >= 0.6 is 0 Å². The summed E-state index contributed by atoms with van der Waals surface area (Å²) < 4.78 is 0. The van der Waals surface area contributed by atoms with Gasteiger partial charge >= 0.3 is 0 Å². The number of carbonyl (C=O) groups is 4. The number of fused-ring (bicyclic) bond motifs is 1. The number of guanidine groups is 1. The fraction of sp³-hybridized carbons (Fsp3) is 0.400. The molecule has 1 heterocycles. The summed E-state index contributed by atoms with van der Waals surface area (Å²) in [7, 11) is 0. The summed E-state index contributed by atoms with van der Waals surface area (Å²) in [5.41, 5.74) is 14.0. The van der Waals surface area contributed by atoms with E-state index in [1.165, 1.54) is 5.56 Å². The highest BCUT2D eigenvalue weighted by Gasteiger charge is 2.34. The zero-order chi connectivity index (χ0) is 42.0. The largest absolute Gasteiger partial charge is 0.508 e. The third-order valence-electron chi connectivity index (χ3n) is 10.6. The van der Waals surface area contributed by atoms with E-state index in [2.05, 4.69) is 43.7 Å². The number of phenolic OH excluding ortho intramolecular Hbond substituents is 1. The van der Waals surface area contributed by atoms with Gasteiger partial charge in [-0.3, -0.25) is 29.1 Å². The molecule has 0 radical (unpaired) electrons. The van der Waals surface area contributed by atoms with E-state index in [9.17, 15) is 24.3 Å². The summed E-state index contributed by atoms with van der Waals surface area (Å²) in [6.45, 7) is 3.81. The second-order valence-electron chi connectivity index (χ2n) is 15.1. The minimum atomic E-state index is -1.05. The number of rotatable bonds is 17. The Morgan fingerprint density at radius 2 is 1.42 bits per heavy atom. The van der Waals surface area contributed by atoms with Crippen LogP contribution in [0.15, 0.2) is 102 Å². The Hall–Kier alpha value is -5.99. The van der Waals surface area contributed by atoms with Crippen molar-refractivity contribution in [3.05, 3.63) is 114 Å². The summed E-state index contributed by atoms with van der Waals surface area (Å²) in [4.78, 5) is 61.9. The third kappa shape index (κ3) is 14.4. The van der Waals surface area contributed by atoms with E-state index >= 15 is 0 Å². The van der Waals surface area contributed by atoms with Gasteiger partial charge in [0, 0.05) is 32.5 Å². The molecule has 1 aliphatic heterocycles. The number of nitrogens with zero attached hydrogens (tertiary/aromatic N) is 2. The lowest BCUT2D eigenvalue weighted by molar-refractivity contribution is -0.136. The molecule has 4 unspecified atom stereocenters. The van der Waals surface area contributed by atoms with Gasteiger partial charge in [-0.15, -0.1) is 0 Å². The van der Waals surface area contributed by atoms with Crippen LogP contribution in [0.1, 0.15) is 62.1 Å². The normalized spacial score (nSPS) is 19.5. The molecule has 0 bridgehead atoms. The van der Waals surface area contributed by atoms with Crippen molar-refractivity contribution in [2.24, 2.45) is 16.5 Å².